The molecule has 1 rings (SSSR count). The van der Waals surface area contributed by atoms with Gasteiger partial charge in [0.2, 0.25) is 0 Å². The second kappa shape index (κ2) is 5.82. The number of allylic oxidation sites excluding steroid dienone is 1. The Morgan fingerprint density at radius 1 is 1.53 bits per heavy atom. The summed E-state index contributed by atoms with van der Waals surface area (Å²) in [5, 5.41) is 10.1. The third kappa shape index (κ3) is 4.19. The first-order valence-corrected chi connectivity index (χ1v) is 5.64. The molecule has 0 bridgehead atoms. The minimum Gasteiger partial charge on any atom is -0.494 e. The summed E-state index contributed by atoms with van der Waals surface area (Å²) >= 11 is 0. The van der Waals surface area contributed by atoms with Crippen LogP contribution in [0.25, 0.3) is 0 Å². The van der Waals surface area contributed by atoms with Gasteiger partial charge in [-0.25, -0.2) is 4.39 Å². The smallest absolute Gasteiger partial charge is 0.165 e. The van der Waals surface area contributed by atoms with Crippen LogP contribution in [-0.4, -0.2) is 17.8 Å². The predicted octanol–water partition coefficient (Wildman–Crippen LogP) is 3.09. The number of hydrogen-bond donors (Lipinski definition) is 1. The Labute approximate surface area is 102 Å². The van der Waals surface area contributed by atoms with Gasteiger partial charge in [-0.2, -0.15) is 0 Å². The summed E-state index contributed by atoms with van der Waals surface area (Å²) in [5.41, 5.74) is -0.0766. The van der Waals surface area contributed by atoms with Gasteiger partial charge in [0.05, 0.1) is 12.7 Å². The summed E-state index contributed by atoms with van der Waals surface area (Å²) in [5.74, 6) is -0.177. The van der Waals surface area contributed by atoms with Crippen molar-refractivity contribution in [2.45, 2.75) is 31.8 Å². The molecule has 0 radical (unpaired) electrons. The zero-order chi connectivity index (χ0) is 12.9. The molecule has 0 aromatic heterocycles. The van der Waals surface area contributed by atoms with Gasteiger partial charge in [-0.15, -0.1) is 6.58 Å². The summed E-state index contributed by atoms with van der Waals surface area (Å²) in [6, 6.07) is 4.75. The van der Waals surface area contributed by atoms with Crippen molar-refractivity contribution in [1.82, 2.24) is 0 Å². The van der Waals surface area contributed by atoms with Crippen LogP contribution in [0.2, 0.25) is 0 Å². The monoisotopic (exact) mass is 238 g/mol. The van der Waals surface area contributed by atoms with Gasteiger partial charge in [0.25, 0.3) is 0 Å². The molecule has 0 saturated carbocycles. The van der Waals surface area contributed by atoms with Crippen molar-refractivity contribution in [3.63, 3.8) is 0 Å². The van der Waals surface area contributed by atoms with E-state index >= 15 is 0 Å². The first-order chi connectivity index (χ1) is 7.98. The van der Waals surface area contributed by atoms with E-state index in [1.54, 1.807) is 25.1 Å². The zero-order valence-electron chi connectivity index (χ0n) is 10.4. The highest BCUT2D eigenvalue weighted by atomic mass is 19.1. The van der Waals surface area contributed by atoms with Crippen LogP contribution >= 0.6 is 0 Å². The molecule has 0 aliphatic carbocycles. The number of methoxy groups -OCH3 is 1. The van der Waals surface area contributed by atoms with E-state index in [1.165, 1.54) is 13.2 Å². The molecule has 1 aromatic carbocycles. The third-order valence-electron chi connectivity index (χ3n) is 2.69. The number of hydrogen-bond acceptors (Lipinski definition) is 2. The van der Waals surface area contributed by atoms with Crippen LogP contribution in [0, 0.1) is 5.82 Å². The van der Waals surface area contributed by atoms with Crippen LogP contribution in [0.15, 0.2) is 30.9 Å². The maximum absolute atomic E-state index is 13.5. The molecule has 0 aliphatic rings. The fourth-order valence-corrected chi connectivity index (χ4v) is 1.76. The van der Waals surface area contributed by atoms with Gasteiger partial charge in [-0.05, 0) is 37.5 Å². The first kappa shape index (κ1) is 13.7. The zero-order valence-corrected chi connectivity index (χ0v) is 10.4. The number of benzene rings is 1. The molecule has 0 heterocycles. The fraction of sp³-hybridized carbons (Fsp3) is 0.429. The lowest BCUT2D eigenvalue weighted by Gasteiger charge is -2.22. The summed E-state index contributed by atoms with van der Waals surface area (Å²) in [6.07, 6.45) is 3.54. The van der Waals surface area contributed by atoms with Gasteiger partial charge >= 0.3 is 0 Å². The Hall–Kier alpha value is -1.35. The Morgan fingerprint density at radius 3 is 2.76 bits per heavy atom. The third-order valence-corrected chi connectivity index (χ3v) is 2.69. The van der Waals surface area contributed by atoms with Gasteiger partial charge in [-0.3, -0.25) is 0 Å². The van der Waals surface area contributed by atoms with Crippen molar-refractivity contribution in [2.24, 2.45) is 0 Å². The average Bonchev–Trinajstić information content (AvgIpc) is 2.26. The summed E-state index contributed by atoms with van der Waals surface area (Å²) in [7, 11) is 1.43. The van der Waals surface area contributed by atoms with E-state index in [2.05, 4.69) is 6.58 Å². The molecule has 1 unspecified atom stereocenters. The largest absolute Gasteiger partial charge is 0.494 e. The predicted molar refractivity (Wildman–Crippen MR) is 66.7 cm³/mol. The molecule has 3 heteroatoms. The van der Waals surface area contributed by atoms with E-state index in [4.69, 9.17) is 4.74 Å². The molecule has 0 aliphatic heterocycles. The van der Waals surface area contributed by atoms with E-state index in [0.717, 1.165) is 12.0 Å². The highest BCUT2D eigenvalue weighted by Gasteiger charge is 2.20. The molecule has 2 nitrogen and oxygen atoms in total. The Kier molecular flexibility index (Phi) is 4.70. The van der Waals surface area contributed by atoms with Crippen molar-refractivity contribution in [3.05, 3.63) is 42.2 Å². The minimum absolute atomic E-state index is 0.222. The topological polar surface area (TPSA) is 29.5 Å². The van der Waals surface area contributed by atoms with Crippen LogP contribution in [0.4, 0.5) is 4.39 Å². The molecule has 1 atom stereocenters. The van der Waals surface area contributed by atoms with Crippen molar-refractivity contribution >= 4 is 0 Å². The van der Waals surface area contributed by atoms with Crippen molar-refractivity contribution < 1.29 is 14.2 Å². The number of halogens is 1. The molecule has 0 saturated heterocycles. The van der Waals surface area contributed by atoms with Gasteiger partial charge in [-0.1, -0.05) is 12.1 Å². The Morgan fingerprint density at radius 2 is 2.24 bits per heavy atom. The summed E-state index contributed by atoms with van der Waals surface area (Å²) in [6.45, 7) is 5.37. The van der Waals surface area contributed by atoms with Gasteiger partial charge < -0.3 is 9.84 Å². The molecule has 1 N–H and O–H groups in total. The van der Waals surface area contributed by atoms with Crippen molar-refractivity contribution in [3.8, 4) is 5.75 Å². The normalized spacial score (nSPS) is 14.1. The van der Waals surface area contributed by atoms with Crippen LogP contribution in [0.3, 0.4) is 0 Å². The van der Waals surface area contributed by atoms with Crippen molar-refractivity contribution in [2.75, 3.05) is 7.11 Å². The van der Waals surface area contributed by atoms with E-state index in [0.29, 0.717) is 12.8 Å². The van der Waals surface area contributed by atoms with Crippen LogP contribution in [-0.2, 0) is 6.42 Å². The molecular formula is C14H19FO2. The van der Waals surface area contributed by atoms with Gasteiger partial charge in [0.1, 0.15) is 0 Å². The van der Waals surface area contributed by atoms with Gasteiger partial charge in [0.15, 0.2) is 11.6 Å². The van der Waals surface area contributed by atoms with Crippen LogP contribution < -0.4 is 4.74 Å². The second-order valence-electron chi connectivity index (χ2n) is 4.47. The van der Waals surface area contributed by atoms with Crippen molar-refractivity contribution in [1.29, 1.82) is 0 Å². The Bertz CT molecular complexity index is 386. The molecule has 94 valence electrons. The maximum Gasteiger partial charge on any atom is 0.165 e. The molecule has 0 amide bonds. The summed E-state index contributed by atoms with van der Waals surface area (Å²) in [4.78, 5) is 0. The number of aliphatic hydroxyl groups is 1. The maximum atomic E-state index is 13.5. The second-order valence-corrected chi connectivity index (χ2v) is 4.47. The minimum atomic E-state index is -0.838. The lowest BCUT2D eigenvalue weighted by molar-refractivity contribution is 0.0522. The first-order valence-electron chi connectivity index (χ1n) is 5.64. The van der Waals surface area contributed by atoms with E-state index < -0.39 is 11.4 Å². The standard InChI is InChI=1S/C14H19FO2/c1-4-5-8-14(2,16)10-11-6-7-13(17-3)12(15)9-11/h4,6-7,9,16H,1,5,8,10H2,2-3H3. The van der Waals surface area contributed by atoms with E-state index in [9.17, 15) is 9.50 Å². The molecule has 0 spiro atoms. The fourth-order valence-electron chi connectivity index (χ4n) is 1.76. The number of ether oxygens (including phenoxy) is 1. The van der Waals surface area contributed by atoms with Crippen LogP contribution in [0.5, 0.6) is 5.75 Å². The quantitative estimate of drug-likeness (QED) is 0.772. The van der Waals surface area contributed by atoms with Gasteiger partial charge in [0, 0.05) is 6.42 Å². The lowest BCUT2D eigenvalue weighted by Crippen LogP contribution is -2.26. The van der Waals surface area contributed by atoms with Crippen LogP contribution in [0.1, 0.15) is 25.3 Å². The summed E-state index contributed by atoms with van der Waals surface area (Å²) < 4.78 is 18.3. The number of rotatable bonds is 6. The lowest BCUT2D eigenvalue weighted by atomic mass is 9.92. The SMILES string of the molecule is C=CCCC(C)(O)Cc1ccc(OC)c(F)c1. The molecule has 0 fully saturated rings. The molecule has 1 aromatic rings. The highest BCUT2D eigenvalue weighted by Crippen LogP contribution is 2.23. The molecular weight excluding hydrogens is 219 g/mol. The highest BCUT2D eigenvalue weighted by molar-refractivity contribution is 5.30. The van der Waals surface area contributed by atoms with E-state index in [1.807, 2.05) is 0 Å². The average molecular weight is 238 g/mol. The molecule has 17 heavy (non-hydrogen) atoms. The Balaban J connectivity index is 2.74. The van der Waals surface area contributed by atoms with E-state index in [-0.39, 0.29) is 5.75 Å².